The van der Waals surface area contributed by atoms with Crippen molar-refractivity contribution in [2.75, 3.05) is 17.3 Å². The summed E-state index contributed by atoms with van der Waals surface area (Å²) in [7, 11) is 1.87. The van der Waals surface area contributed by atoms with Gasteiger partial charge >= 0.3 is 0 Å². The lowest BCUT2D eigenvalue weighted by molar-refractivity contribution is -0.122. The van der Waals surface area contributed by atoms with Crippen LogP contribution in [0.4, 0.5) is 11.4 Å². The van der Waals surface area contributed by atoms with Gasteiger partial charge in [-0.25, -0.2) is 0 Å². The molecule has 2 aromatic rings. The maximum Gasteiger partial charge on any atom is 0.255 e. The van der Waals surface area contributed by atoms with Crippen LogP contribution in [-0.2, 0) is 9.59 Å². The number of allylic oxidation sites excluding steroid dienone is 2. The Hall–Kier alpha value is -3.74. The summed E-state index contributed by atoms with van der Waals surface area (Å²) >= 11 is 0. The molecule has 2 aliphatic carbocycles. The Bertz CT molecular complexity index is 1240. The largest absolute Gasteiger partial charge is 0.339 e. The molecule has 3 aliphatic rings. The van der Waals surface area contributed by atoms with E-state index in [2.05, 4.69) is 5.32 Å². The van der Waals surface area contributed by atoms with Crippen LogP contribution in [0, 0.1) is 11.8 Å². The molecule has 2 aromatic carbocycles. The Labute approximate surface area is 217 Å². The monoisotopic (exact) mass is 499 g/mol. The van der Waals surface area contributed by atoms with Gasteiger partial charge in [0.05, 0.1) is 17.5 Å². The summed E-state index contributed by atoms with van der Waals surface area (Å²) in [5.41, 5.74) is 3.23. The van der Waals surface area contributed by atoms with Crippen molar-refractivity contribution in [1.29, 1.82) is 0 Å². The molecule has 1 saturated heterocycles. The summed E-state index contributed by atoms with van der Waals surface area (Å²) in [6, 6.07) is 13.8. The number of carbonyl (C=O) groups excluding carboxylic acids is 4. The van der Waals surface area contributed by atoms with Gasteiger partial charge in [-0.2, -0.15) is 0 Å². The van der Waals surface area contributed by atoms with Crippen molar-refractivity contribution in [2.45, 2.75) is 57.9 Å². The second-order valence-corrected chi connectivity index (χ2v) is 10.5. The fourth-order valence-corrected chi connectivity index (χ4v) is 5.79. The fraction of sp³-hybridized carbons (Fsp3) is 0.400. The molecule has 4 amide bonds. The zero-order valence-corrected chi connectivity index (χ0v) is 21.4. The number of benzene rings is 2. The first-order valence-corrected chi connectivity index (χ1v) is 13.2. The van der Waals surface area contributed by atoms with E-state index in [1.165, 1.54) is 11.3 Å². The first-order chi connectivity index (χ1) is 17.8. The van der Waals surface area contributed by atoms with Gasteiger partial charge in [-0.15, -0.1) is 0 Å². The predicted molar refractivity (Wildman–Crippen MR) is 142 cm³/mol. The van der Waals surface area contributed by atoms with Crippen LogP contribution in [0.25, 0.3) is 0 Å². The minimum atomic E-state index is -0.308. The van der Waals surface area contributed by atoms with Gasteiger partial charge in [0.15, 0.2) is 0 Å². The maximum atomic E-state index is 12.9. The molecule has 0 aromatic heterocycles. The Balaban J connectivity index is 1.21. The van der Waals surface area contributed by atoms with Gasteiger partial charge in [0, 0.05) is 29.9 Å². The van der Waals surface area contributed by atoms with Gasteiger partial charge < -0.3 is 10.2 Å². The molecule has 1 aliphatic heterocycles. The minimum absolute atomic E-state index is 0.00263. The SMILES string of the molecule is CC1=CC[C@@H]2C(=O)N(c3ccc(C(=O)Nc4ccc(C(=O)N(C)C5CCCCC5)cc4)cc3)C(=O)[C@H]2C1. The van der Waals surface area contributed by atoms with Gasteiger partial charge in [0.2, 0.25) is 11.8 Å². The number of amides is 4. The van der Waals surface area contributed by atoms with E-state index in [1.807, 2.05) is 24.9 Å². The number of carbonyl (C=O) groups is 4. The van der Waals surface area contributed by atoms with Crippen molar-refractivity contribution < 1.29 is 19.2 Å². The zero-order chi connectivity index (χ0) is 26.1. The maximum absolute atomic E-state index is 12.9. The van der Waals surface area contributed by atoms with E-state index in [0.29, 0.717) is 41.4 Å². The average Bonchev–Trinajstić information content (AvgIpc) is 3.17. The van der Waals surface area contributed by atoms with Gasteiger partial charge in [0.25, 0.3) is 11.8 Å². The topological polar surface area (TPSA) is 86.8 Å². The Kier molecular flexibility index (Phi) is 6.96. The molecule has 0 unspecified atom stereocenters. The van der Waals surface area contributed by atoms with Crippen molar-refractivity contribution in [3.8, 4) is 0 Å². The van der Waals surface area contributed by atoms with E-state index in [-0.39, 0.29) is 35.5 Å². The molecule has 1 saturated carbocycles. The first-order valence-electron chi connectivity index (χ1n) is 13.2. The second-order valence-electron chi connectivity index (χ2n) is 10.5. The number of fused-ring (bicyclic) bond motifs is 1. The standard InChI is InChI=1S/C30H33N3O4/c1-19-8-17-25-26(18-19)30(37)33(29(25)36)24-15-11-20(12-16-24)27(34)31-22-13-9-21(10-14-22)28(35)32(2)23-6-4-3-5-7-23/h8-16,23,25-26H,3-7,17-18H2,1-2H3,(H,31,34)/t25-,26-/m0/s1. The fourth-order valence-electron chi connectivity index (χ4n) is 5.79. The number of nitrogens with zero attached hydrogens (tertiary/aromatic N) is 2. The second kappa shape index (κ2) is 10.3. The highest BCUT2D eigenvalue weighted by atomic mass is 16.2. The third-order valence-corrected chi connectivity index (χ3v) is 8.04. The quantitative estimate of drug-likeness (QED) is 0.453. The Morgan fingerprint density at radius 3 is 2.16 bits per heavy atom. The van der Waals surface area contributed by atoms with E-state index < -0.39 is 0 Å². The number of anilines is 2. The van der Waals surface area contributed by atoms with Gasteiger partial charge in [-0.3, -0.25) is 24.1 Å². The summed E-state index contributed by atoms with van der Waals surface area (Å²) < 4.78 is 0. The lowest BCUT2D eigenvalue weighted by Gasteiger charge is -2.31. The molecule has 2 atom stereocenters. The van der Waals surface area contributed by atoms with Crippen molar-refractivity contribution in [2.24, 2.45) is 11.8 Å². The summed E-state index contributed by atoms with van der Waals surface area (Å²) in [5, 5.41) is 2.85. The van der Waals surface area contributed by atoms with Gasteiger partial charge in [0.1, 0.15) is 0 Å². The first kappa shape index (κ1) is 24.9. The molecule has 0 bridgehead atoms. The van der Waals surface area contributed by atoms with Gasteiger partial charge in [-0.1, -0.05) is 30.9 Å². The van der Waals surface area contributed by atoms with Crippen LogP contribution >= 0.6 is 0 Å². The van der Waals surface area contributed by atoms with Crippen molar-refractivity contribution in [1.82, 2.24) is 4.90 Å². The molecule has 1 N–H and O–H groups in total. The third-order valence-electron chi connectivity index (χ3n) is 8.04. The molecule has 0 radical (unpaired) electrons. The van der Waals surface area contributed by atoms with Crippen LogP contribution < -0.4 is 10.2 Å². The molecular weight excluding hydrogens is 466 g/mol. The number of nitrogens with one attached hydrogen (secondary N) is 1. The summed E-state index contributed by atoms with van der Waals surface area (Å²) in [5.74, 6) is -1.23. The molecular formula is C30H33N3O4. The normalized spacial score (nSPS) is 21.9. The molecule has 192 valence electrons. The molecule has 0 spiro atoms. The van der Waals surface area contributed by atoms with Crippen LogP contribution in [0.2, 0.25) is 0 Å². The van der Waals surface area contributed by atoms with E-state index in [0.717, 1.165) is 31.3 Å². The van der Waals surface area contributed by atoms with Crippen molar-refractivity contribution in [3.05, 3.63) is 71.3 Å². The van der Waals surface area contributed by atoms with E-state index in [1.54, 1.807) is 48.5 Å². The summed E-state index contributed by atoms with van der Waals surface area (Å²) in [6.07, 6.45) is 8.92. The van der Waals surface area contributed by atoms with Crippen LogP contribution in [0.3, 0.4) is 0 Å². The highest BCUT2D eigenvalue weighted by Gasteiger charge is 2.48. The molecule has 37 heavy (non-hydrogen) atoms. The van der Waals surface area contributed by atoms with E-state index in [4.69, 9.17) is 0 Å². The highest BCUT2D eigenvalue weighted by Crippen LogP contribution is 2.39. The van der Waals surface area contributed by atoms with Gasteiger partial charge in [-0.05, 0) is 81.1 Å². The zero-order valence-electron chi connectivity index (χ0n) is 21.4. The number of hydrogen-bond donors (Lipinski definition) is 1. The lowest BCUT2D eigenvalue weighted by atomic mass is 9.82. The van der Waals surface area contributed by atoms with Crippen molar-refractivity contribution >= 4 is 35.0 Å². The van der Waals surface area contributed by atoms with Crippen molar-refractivity contribution in [3.63, 3.8) is 0 Å². The number of hydrogen-bond acceptors (Lipinski definition) is 4. The molecule has 2 fully saturated rings. The Morgan fingerprint density at radius 2 is 1.49 bits per heavy atom. The van der Waals surface area contributed by atoms with Crippen LogP contribution in [0.15, 0.2) is 60.2 Å². The summed E-state index contributed by atoms with van der Waals surface area (Å²) in [6.45, 7) is 1.99. The van der Waals surface area contributed by atoms with Crippen LogP contribution in [0.5, 0.6) is 0 Å². The minimum Gasteiger partial charge on any atom is -0.339 e. The lowest BCUT2D eigenvalue weighted by Crippen LogP contribution is -2.38. The smallest absolute Gasteiger partial charge is 0.255 e. The predicted octanol–water partition coefficient (Wildman–Crippen LogP) is 5.19. The third kappa shape index (κ3) is 4.95. The highest BCUT2D eigenvalue weighted by molar-refractivity contribution is 6.22. The molecule has 7 nitrogen and oxygen atoms in total. The van der Waals surface area contributed by atoms with E-state index in [9.17, 15) is 19.2 Å². The molecule has 5 rings (SSSR count). The Morgan fingerprint density at radius 1 is 0.865 bits per heavy atom. The number of imide groups is 1. The molecule has 1 heterocycles. The van der Waals surface area contributed by atoms with Crippen LogP contribution in [0.1, 0.15) is 72.6 Å². The number of rotatable bonds is 5. The van der Waals surface area contributed by atoms with Crippen LogP contribution in [-0.4, -0.2) is 41.6 Å². The summed E-state index contributed by atoms with van der Waals surface area (Å²) in [4.78, 5) is 54.6. The van der Waals surface area contributed by atoms with E-state index >= 15 is 0 Å². The molecule has 7 heteroatoms. The average molecular weight is 500 g/mol.